The van der Waals surface area contributed by atoms with E-state index in [0.29, 0.717) is 25.9 Å². The van der Waals surface area contributed by atoms with Crippen LogP contribution in [0.3, 0.4) is 0 Å². The van der Waals surface area contributed by atoms with Crippen LogP contribution < -0.4 is 4.74 Å². The maximum Gasteiger partial charge on any atom is 0.223 e. The van der Waals surface area contributed by atoms with Gasteiger partial charge in [0.25, 0.3) is 0 Å². The first-order valence-electron chi connectivity index (χ1n) is 10.7. The molecule has 6 nitrogen and oxygen atoms in total. The number of methoxy groups -OCH3 is 1. The molecule has 0 radical (unpaired) electrons. The highest BCUT2D eigenvalue weighted by Crippen LogP contribution is 2.23. The smallest absolute Gasteiger partial charge is 0.223 e. The average molecular weight is 417 g/mol. The zero-order valence-corrected chi connectivity index (χ0v) is 18.6. The fraction of sp³-hybridized carbons (Fsp3) is 0.320. The summed E-state index contributed by atoms with van der Waals surface area (Å²) in [5.74, 6) is 0.959. The van der Waals surface area contributed by atoms with Crippen LogP contribution in [0.1, 0.15) is 35.9 Å². The van der Waals surface area contributed by atoms with Gasteiger partial charge in [-0.2, -0.15) is 5.10 Å². The Morgan fingerprint density at radius 1 is 1.10 bits per heavy atom. The van der Waals surface area contributed by atoms with Gasteiger partial charge in [-0.25, -0.2) is 9.50 Å². The molecule has 0 spiro atoms. The fourth-order valence-electron chi connectivity index (χ4n) is 4.06. The van der Waals surface area contributed by atoms with Crippen molar-refractivity contribution in [1.82, 2.24) is 19.5 Å². The van der Waals surface area contributed by atoms with Gasteiger partial charge in [0.2, 0.25) is 5.91 Å². The van der Waals surface area contributed by atoms with Crippen molar-refractivity contribution in [3.63, 3.8) is 0 Å². The van der Waals surface area contributed by atoms with Crippen LogP contribution in [-0.4, -0.2) is 39.1 Å². The van der Waals surface area contributed by atoms with Gasteiger partial charge in [0, 0.05) is 36.3 Å². The van der Waals surface area contributed by atoms with Gasteiger partial charge in [-0.1, -0.05) is 24.3 Å². The molecule has 160 valence electrons. The van der Waals surface area contributed by atoms with Crippen LogP contribution in [0.15, 0.2) is 48.5 Å². The Balaban J connectivity index is 1.51. The number of ether oxygens (including phenoxy) is 1. The van der Waals surface area contributed by atoms with Crippen molar-refractivity contribution in [3.05, 3.63) is 71.0 Å². The van der Waals surface area contributed by atoms with Crippen molar-refractivity contribution in [2.45, 2.75) is 40.2 Å². The normalized spacial score (nSPS) is 11.2. The largest absolute Gasteiger partial charge is 0.497 e. The second-order valence-electron chi connectivity index (χ2n) is 7.77. The van der Waals surface area contributed by atoms with Crippen LogP contribution in [0.2, 0.25) is 0 Å². The summed E-state index contributed by atoms with van der Waals surface area (Å²) in [5, 5.41) is 5.76. The molecular weight excluding hydrogens is 388 g/mol. The molecule has 31 heavy (non-hydrogen) atoms. The summed E-state index contributed by atoms with van der Waals surface area (Å²) in [7, 11) is 1.65. The monoisotopic (exact) mass is 416 g/mol. The first kappa shape index (κ1) is 20.8. The molecule has 0 aliphatic heterocycles. The predicted octanol–water partition coefficient (Wildman–Crippen LogP) is 4.49. The molecule has 0 unspecified atom stereocenters. The number of benzene rings is 2. The SMILES string of the molecule is CCN(Cc1ccc(OC)cc1)C(=O)CCc1c(C)nc2c3ccccc3nn2c1C. The Morgan fingerprint density at radius 3 is 2.55 bits per heavy atom. The quantitative estimate of drug-likeness (QED) is 0.445. The Morgan fingerprint density at radius 2 is 1.84 bits per heavy atom. The zero-order valence-electron chi connectivity index (χ0n) is 18.6. The van der Waals surface area contributed by atoms with Crippen molar-refractivity contribution in [3.8, 4) is 5.75 Å². The highest BCUT2D eigenvalue weighted by molar-refractivity contribution is 5.92. The Labute approximate surface area is 182 Å². The summed E-state index contributed by atoms with van der Waals surface area (Å²) in [5.41, 5.74) is 5.99. The van der Waals surface area contributed by atoms with Gasteiger partial charge >= 0.3 is 0 Å². The number of nitrogens with zero attached hydrogens (tertiary/aromatic N) is 4. The fourth-order valence-corrected chi connectivity index (χ4v) is 4.06. The van der Waals surface area contributed by atoms with Crippen molar-refractivity contribution in [2.75, 3.05) is 13.7 Å². The van der Waals surface area contributed by atoms with Gasteiger partial charge < -0.3 is 9.64 Å². The lowest BCUT2D eigenvalue weighted by atomic mass is 10.1. The lowest BCUT2D eigenvalue weighted by Gasteiger charge is -2.21. The minimum Gasteiger partial charge on any atom is -0.497 e. The number of aryl methyl sites for hydroxylation is 2. The van der Waals surface area contributed by atoms with Gasteiger partial charge in [0.1, 0.15) is 5.75 Å². The Hall–Kier alpha value is -3.41. The standard InChI is InChI=1S/C25H28N4O2/c1-5-28(16-19-10-12-20(31-4)13-11-19)24(30)15-14-21-17(2)26-25-22-8-6-7-9-23(22)27-29(25)18(21)3/h6-13H,5,14-16H2,1-4H3. The first-order chi connectivity index (χ1) is 15.0. The number of amides is 1. The molecule has 1 amide bonds. The number of aromatic nitrogens is 3. The lowest BCUT2D eigenvalue weighted by molar-refractivity contribution is -0.131. The molecule has 0 aliphatic carbocycles. The van der Waals surface area contributed by atoms with Gasteiger partial charge in [-0.15, -0.1) is 0 Å². The van der Waals surface area contributed by atoms with Crippen LogP contribution in [-0.2, 0) is 17.8 Å². The Bertz CT molecular complexity index is 1230. The summed E-state index contributed by atoms with van der Waals surface area (Å²) in [6, 6.07) is 15.9. The third-order valence-electron chi connectivity index (χ3n) is 5.87. The molecule has 0 atom stereocenters. The molecule has 4 rings (SSSR count). The number of hydrogen-bond acceptors (Lipinski definition) is 4. The molecular formula is C25H28N4O2. The minimum absolute atomic E-state index is 0.142. The van der Waals surface area contributed by atoms with E-state index in [0.717, 1.165) is 44.8 Å². The molecule has 0 aliphatic rings. The molecule has 0 bridgehead atoms. The molecule has 0 saturated heterocycles. The number of carbonyl (C=O) groups is 1. The van der Waals surface area contributed by atoms with Crippen molar-refractivity contribution in [1.29, 1.82) is 0 Å². The van der Waals surface area contributed by atoms with Crippen molar-refractivity contribution < 1.29 is 9.53 Å². The van der Waals surface area contributed by atoms with Crippen LogP contribution in [0, 0.1) is 13.8 Å². The second kappa shape index (κ2) is 8.76. The van der Waals surface area contributed by atoms with E-state index in [1.165, 1.54) is 0 Å². The maximum atomic E-state index is 13.0. The van der Waals surface area contributed by atoms with Crippen LogP contribution in [0.5, 0.6) is 5.75 Å². The molecule has 4 aromatic rings. The van der Waals surface area contributed by atoms with Gasteiger partial charge in [0.05, 0.1) is 12.6 Å². The maximum absolute atomic E-state index is 13.0. The number of rotatable bonds is 7. The molecule has 2 aromatic carbocycles. The third-order valence-corrected chi connectivity index (χ3v) is 5.87. The zero-order chi connectivity index (χ0) is 22.0. The van der Waals surface area contributed by atoms with Gasteiger partial charge in [-0.05, 0) is 62.6 Å². The van der Waals surface area contributed by atoms with E-state index < -0.39 is 0 Å². The summed E-state index contributed by atoms with van der Waals surface area (Å²) in [4.78, 5) is 19.7. The molecule has 2 aromatic heterocycles. The molecule has 0 fully saturated rings. The number of fused-ring (bicyclic) bond motifs is 3. The van der Waals surface area contributed by atoms with Gasteiger partial charge in [-0.3, -0.25) is 4.79 Å². The molecule has 6 heteroatoms. The van der Waals surface area contributed by atoms with E-state index in [4.69, 9.17) is 14.8 Å². The number of carbonyl (C=O) groups excluding carboxylic acids is 1. The topological polar surface area (TPSA) is 59.7 Å². The van der Waals surface area contributed by atoms with Crippen LogP contribution in [0.25, 0.3) is 16.6 Å². The predicted molar refractivity (Wildman–Crippen MR) is 122 cm³/mol. The second-order valence-corrected chi connectivity index (χ2v) is 7.77. The Kier molecular flexibility index (Phi) is 5.89. The summed E-state index contributed by atoms with van der Waals surface area (Å²) < 4.78 is 7.12. The van der Waals surface area contributed by atoms with E-state index in [-0.39, 0.29) is 5.91 Å². The lowest BCUT2D eigenvalue weighted by Crippen LogP contribution is -2.30. The first-order valence-corrected chi connectivity index (χ1v) is 10.7. The van der Waals surface area contributed by atoms with E-state index in [9.17, 15) is 4.79 Å². The highest BCUT2D eigenvalue weighted by atomic mass is 16.5. The summed E-state index contributed by atoms with van der Waals surface area (Å²) >= 11 is 0. The summed E-state index contributed by atoms with van der Waals surface area (Å²) in [6.45, 7) is 7.36. The third kappa shape index (κ3) is 4.10. The van der Waals surface area contributed by atoms with Crippen LogP contribution >= 0.6 is 0 Å². The highest BCUT2D eigenvalue weighted by Gasteiger charge is 2.17. The molecule has 0 N–H and O–H groups in total. The van der Waals surface area contributed by atoms with Crippen LogP contribution in [0.4, 0.5) is 0 Å². The minimum atomic E-state index is 0.142. The van der Waals surface area contributed by atoms with Crippen molar-refractivity contribution in [2.24, 2.45) is 0 Å². The van der Waals surface area contributed by atoms with E-state index in [2.05, 4.69) is 6.92 Å². The molecule has 0 saturated carbocycles. The van der Waals surface area contributed by atoms with E-state index in [1.807, 2.05) is 71.8 Å². The number of hydrogen-bond donors (Lipinski definition) is 0. The van der Waals surface area contributed by atoms with E-state index in [1.54, 1.807) is 7.11 Å². The van der Waals surface area contributed by atoms with Crippen molar-refractivity contribution >= 4 is 22.5 Å². The molecule has 2 heterocycles. The average Bonchev–Trinajstić information content (AvgIpc) is 3.16. The van der Waals surface area contributed by atoms with E-state index >= 15 is 0 Å². The van der Waals surface area contributed by atoms with Gasteiger partial charge in [0.15, 0.2) is 5.65 Å². The summed E-state index contributed by atoms with van der Waals surface area (Å²) in [6.07, 6.45) is 1.09.